The van der Waals surface area contributed by atoms with Gasteiger partial charge in [0.2, 0.25) is 0 Å². The average Bonchev–Trinajstić information content (AvgIpc) is 3.07. The number of benzene rings is 1. The van der Waals surface area contributed by atoms with Crippen molar-refractivity contribution in [3.05, 3.63) is 77.2 Å². The number of aromatic nitrogens is 1. The molecule has 1 amide bonds. The number of amides is 1. The molecule has 0 atom stereocenters. The van der Waals surface area contributed by atoms with Gasteiger partial charge in [-0.2, -0.15) is 0 Å². The molecule has 1 aromatic carbocycles. The summed E-state index contributed by atoms with van der Waals surface area (Å²) in [6.07, 6.45) is 3.26. The first-order chi connectivity index (χ1) is 10.7. The number of hydrogen-bond acceptors (Lipinski definition) is 3. The Morgan fingerprint density at radius 3 is 2.78 bits per heavy atom. The van der Waals surface area contributed by atoms with Gasteiger partial charge in [-0.1, -0.05) is 25.6 Å². The zero-order valence-corrected chi connectivity index (χ0v) is 12.4. The van der Waals surface area contributed by atoms with E-state index in [0.29, 0.717) is 5.56 Å². The second-order valence-electron chi connectivity index (χ2n) is 4.75. The van der Waals surface area contributed by atoms with Crippen molar-refractivity contribution in [3.8, 4) is 10.4 Å². The molecule has 1 N–H and O–H groups in total. The summed E-state index contributed by atoms with van der Waals surface area (Å²) in [6.45, 7) is 0.278. The van der Waals surface area contributed by atoms with E-state index in [-0.39, 0.29) is 25.7 Å². The standard InChI is InChI=1S/C17H13FN2OS.CH4/c18-15-4-1-3-12(7-15)9-20-17(21)14-8-13(10-19-11-14)16-5-2-6-22-16;/h1-8,10-11H,9H2,(H,20,21);1H4. The zero-order chi connectivity index (χ0) is 15.4. The van der Waals surface area contributed by atoms with Crippen LogP contribution in [0.1, 0.15) is 23.3 Å². The number of carbonyl (C=O) groups excluding carboxylic acids is 1. The topological polar surface area (TPSA) is 42.0 Å². The molecule has 0 aliphatic heterocycles. The molecule has 3 nitrogen and oxygen atoms in total. The van der Waals surface area contributed by atoms with Crippen LogP contribution in [0.25, 0.3) is 10.4 Å². The van der Waals surface area contributed by atoms with Gasteiger partial charge in [0, 0.05) is 29.4 Å². The summed E-state index contributed by atoms with van der Waals surface area (Å²) < 4.78 is 13.1. The normalized spacial score (nSPS) is 9.96. The largest absolute Gasteiger partial charge is 0.348 e. The zero-order valence-electron chi connectivity index (χ0n) is 11.6. The van der Waals surface area contributed by atoms with Gasteiger partial charge in [-0.15, -0.1) is 11.3 Å². The second kappa shape index (κ2) is 7.65. The lowest BCUT2D eigenvalue weighted by Crippen LogP contribution is -2.23. The van der Waals surface area contributed by atoms with Crippen molar-refractivity contribution in [2.45, 2.75) is 14.0 Å². The number of thiophene rings is 1. The molecule has 0 bridgehead atoms. The van der Waals surface area contributed by atoms with E-state index in [1.165, 1.54) is 18.3 Å². The lowest BCUT2D eigenvalue weighted by Gasteiger charge is -2.06. The van der Waals surface area contributed by atoms with Crippen molar-refractivity contribution < 1.29 is 9.18 Å². The molecule has 0 saturated heterocycles. The summed E-state index contributed by atoms with van der Waals surface area (Å²) >= 11 is 1.59. The van der Waals surface area contributed by atoms with E-state index >= 15 is 0 Å². The minimum Gasteiger partial charge on any atom is -0.348 e. The Morgan fingerprint density at radius 1 is 1.17 bits per heavy atom. The van der Waals surface area contributed by atoms with Gasteiger partial charge in [-0.05, 0) is 35.2 Å². The minimum atomic E-state index is -0.312. The Morgan fingerprint density at radius 2 is 2.04 bits per heavy atom. The molecule has 0 aliphatic rings. The molecule has 3 aromatic rings. The van der Waals surface area contributed by atoms with E-state index in [0.717, 1.165) is 16.0 Å². The van der Waals surface area contributed by atoms with Crippen LogP contribution in [0.4, 0.5) is 4.39 Å². The van der Waals surface area contributed by atoms with Gasteiger partial charge in [0.25, 0.3) is 5.91 Å². The number of hydrogen-bond donors (Lipinski definition) is 1. The minimum absolute atomic E-state index is 0. The van der Waals surface area contributed by atoms with Crippen LogP contribution in [-0.4, -0.2) is 10.9 Å². The third-order valence-corrected chi connectivity index (χ3v) is 4.07. The fourth-order valence-electron chi connectivity index (χ4n) is 2.07. The number of carbonyl (C=O) groups is 1. The van der Waals surface area contributed by atoms with Crippen LogP contribution < -0.4 is 5.32 Å². The van der Waals surface area contributed by atoms with Gasteiger partial charge in [-0.3, -0.25) is 9.78 Å². The molecular formula is C18H17FN2OS. The molecule has 0 aliphatic carbocycles. The Bertz CT molecular complexity index is 787. The highest BCUT2D eigenvalue weighted by atomic mass is 32.1. The van der Waals surface area contributed by atoms with Crippen LogP contribution in [0.2, 0.25) is 0 Å². The predicted octanol–water partition coefficient (Wildman–Crippen LogP) is 4.52. The smallest absolute Gasteiger partial charge is 0.253 e. The number of halogens is 1. The highest BCUT2D eigenvalue weighted by Gasteiger charge is 2.08. The lowest BCUT2D eigenvalue weighted by molar-refractivity contribution is 0.0950. The van der Waals surface area contributed by atoms with Crippen molar-refractivity contribution in [2.24, 2.45) is 0 Å². The molecule has 0 spiro atoms. The molecule has 5 heteroatoms. The monoisotopic (exact) mass is 328 g/mol. The van der Waals surface area contributed by atoms with Gasteiger partial charge < -0.3 is 5.32 Å². The van der Waals surface area contributed by atoms with Crippen LogP contribution in [0.15, 0.2) is 60.2 Å². The molecule has 0 unspecified atom stereocenters. The number of pyridine rings is 1. The van der Waals surface area contributed by atoms with Crippen molar-refractivity contribution >= 4 is 17.2 Å². The van der Waals surface area contributed by atoms with E-state index in [2.05, 4.69) is 10.3 Å². The molecule has 2 heterocycles. The van der Waals surface area contributed by atoms with Gasteiger partial charge in [-0.25, -0.2) is 4.39 Å². The Hall–Kier alpha value is -2.53. The fraction of sp³-hybridized carbons (Fsp3) is 0.111. The van der Waals surface area contributed by atoms with Gasteiger partial charge in [0.05, 0.1) is 5.56 Å². The first kappa shape index (κ1) is 16.8. The summed E-state index contributed by atoms with van der Waals surface area (Å²) in [5.74, 6) is -0.539. The SMILES string of the molecule is C.O=C(NCc1cccc(F)c1)c1cncc(-c2cccs2)c1. The van der Waals surface area contributed by atoms with E-state index < -0.39 is 0 Å². The molecule has 2 aromatic heterocycles. The third-order valence-electron chi connectivity index (χ3n) is 3.15. The third kappa shape index (κ3) is 4.23. The van der Waals surface area contributed by atoms with E-state index in [9.17, 15) is 9.18 Å². The average molecular weight is 328 g/mol. The quantitative estimate of drug-likeness (QED) is 0.765. The lowest BCUT2D eigenvalue weighted by atomic mass is 10.1. The first-order valence-corrected chi connectivity index (χ1v) is 7.62. The predicted molar refractivity (Wildman–Crippen MR) is 91.9 cm³/mol. The highest BCUT2D eigenvalue weighted by Crippen LogP contribution is 2.24. The van der Waals surface area contributed by atoms with Crippen LogP contribution in [0, 0.1) is 5.82 Å². The molecule has 0 saturated carbocycles. The molecule has 0 fully saturated rings. The molecule has 23 heavy (non-hydrogen) atoms. The fourth-order valence-corrected chi connectivity index (χ4v) is 2.78. The second-order valence-corrected chi connectivity index (χ2v) is 5.70. The van der Waals surface area contributed by atoms with Crippen LogP contribution in [0.3, 0.4) is 0 Å². The van der Waals surface area contributed by atoms with Crippen molar-refractivity contribution in [1.29, 1.82) is 0 Å². The highest BCUT2D eigenvalue weighted by molar-refractivity contribution is 7.13. The van der Waals surface area contributed by atoms with Gasteiger partial charge >= 0.3 is 0 Å². The summed E-state index contributed by atoms with van der Waals surface area (Å²) in [7, 11) is 0. The van der Waals surface area contributed by atoms with Gasteiger partial charge in [0.15, 0.2) is 0 Å². The summed E-state index contributed by atoms with van der Waals surface area (Å²) in [5, 5.41) is 4.75. The first-order valence-electron chi connectivity index (χ1n) is 6.74. The summed E-state index contributed by atoms with van der Waals surface area (Å²) in [5.41, 5.74) is 2.12. The maximum absolute atomic E-state index is 13.1. The molecule has 118 valence electrons. The number of rotatable bonds is 4. The van der Waals surface area contributed by atoms with Crippen LogP contribution >= 0.6 is 11.3 Å². The van der Waals surface area contributed by atoms with Crippen molar-refractivity contribution in [1.82, 2.24) is 10.3 Å². The van der Waals surface area contributed by atoms with Crippen molar-refractivity contribution in [2.75, 3.05) is 0 Å². The molecule has 3 rings (SSSR count). The van der Waals surface area contributed by atoms with E-state index in [4.69, 9.17) is 0 Å². The number of nitrogens with zero attached hydrogens (tertiary/aromatic N) is 1. The molecular weight excluding hydrogens is 311 g/mol. The van der Waals surface area contributed by atoms with Gasteiger partial charge in [0.1, 0.15) is 5.82 Å². The van der Waals surface area contributed by atoms with Crippen LogP contribution in [0.5, 0.6) is 0 Å². The van der Waals surface area contributed by atoms with E-state index in [1.807, 2.05) is 17.5 Å². The Kier molecular flexibility index (Phi) is 5.60. The Balaban J connectivity index is 0.00000192. The van der Waals surface area contributed by atoms with E-state index in [1.54, 1.807) is 35.7 Å². The molecule has 0 radical (unpaired) electrons. The maximum Gasteiger partial charge on any atom is 0.253 e. The summed E-state index contributed by atoms with van der Waals surface area (Å²) in [4.78, 5) is 17.4. The maximum atomic E-state index is 13.1. The number of nitrogens with one attached hydrogen (secondary N) is 1. The summed E-state index contributed by atoms with van der Waals surface area (Å²) in [6, 6.07) is 11.9. The Labute approximate surface area is 138 Å². The van der Waals surface area contributed by atoms with Crippen molar-refractivity contribution in [3.63, 3.8) is 0 Å². The van der Waals surface area contributed by atoms with Crippen LogP contribution in [-0.2, 0) is 6.54 Å².